The quantitative estimate of drug-likeness (QED) is 0.732. The molecule has 76 valence electrons. The van der Waals surface area contributed by atoms with E-state index in [1.54, 1.807) is 5.51 Å². The van der Waals surface area contributed by atoms with E-state index in [-0.39, 0.29) is 12.8 Å². The third kappa shape index (κ3) is 1.69. The summed E-state index contributed by atoms with van der Waals surface area (Å²) in [5, 5.41) is 10.0. The molecule has 1 heterocycles. The van der Waals surface area contributed by atoms with Crippen LogP contribution in [0.4, 0.5) is 8.78 Å². The zero-order valence-corrected chi connectivity index (χ0v) is 8.10. The van der Waals surface area contributed by atoms with Gasteiger partial charge in [0.25, 0.3) is 5.92 Å². The Bertz CT molecular complexity index is 350. The van der Waals surface area contributed by atoms with Crippen LogP contribution in [0, 0.1) is 0 Å². The summed E-state index contributed by atoms with van der Waals surface area (Å²) in [6.07, 6.45) is 3.18. The molecule has 5 heteroatoms. The minimum Gasteiger partial charge on any atom is -0.380 e. The molecule has 0 saturated heterocycles. The van der Waals surface area contributed by atoms with E-state index < -0.39 is 11.5 Å². The second-order valence-electron chi connectivity index (χ2n) is 3.38. The van der Waals surface area contributed by atoms with Gasteiger partial charge in [-0.1, -0.05) is 0 Å². The van der Waals surface area contributed by atoms with E-state index in [1.807, 2.05) is 0 Å². The molecule has 0 aromatic carbocycles. The van der Waals surface area contributed by atoms with Crippen molar-refractivity contribution in [3.8, 4) is 0 Å². The molecule has 0 radical (unpaired) electrons. The summed E-state index contributed by atoms with van der Waals surface area (Å²) in [4.78, 5) is 4.43. The molecule has 1 N–H and O–H groups in total. The van der Waals surface area contributed by atoms with Crippen LogP contribution < -0.4 is 0 Å². The zero-order chi connectivity index (χ0) is 10.2. The molecule has 1 aromatic heterocycles. The van der Waals surface area contributed by atoms with Crippen molar-refractivity contribution in [1.29, 1.82) is 0 Å². The van der Waals surface area contributed by atoms with Crippen molar-refractivity contribution < 1.29 is 13.9 Å². The molecule has 0 saturated carbocycles. The van der Waals surface area contributed by atoms with Gasteiger partial charge >= 0.3 is 0 Å². The Morgan fingerprint density at radius 3 is 2.64 bits per heavy atom. The van der Waals surface area contributed by atoms with E-state index in [4.69, 9.17) is 0 Å². The predicted molar refractivity (Wildman–Crippen MR) is 49.3 cm³/mol. The second-order valence-corrected chi connectivity index (χ2v) is 4.27. The van der Waals surface area contributed by atoms with Crippen molar-refractivity contribution in [2.24, 2.45) is 0 Å². The molecule has 0 fully saturated rings. The lowest BCUT2D eigenvalue weighted by Crippen LogP contribution is -2.30. The summed E-state index contributed by atoms with van der Waals surface area (Å²) >= 11 is 1.27. The highest BCUT2D eigenvalue weighted by atomic mass is 32.1. The van der Waals surface area contributed by atoms with Crippen LogP contribution in [-0.4, -0.2) is 16.0 Å². The number of allylic oxidation sites excluding steroid dienone is 1. The van der Waals surface area contributed by atoms with Crippen LogP contribution in [0.5, 0.6) is 0 Å². The first-order valence-electron chi connectivity index (χ1n) is 4.21. The smallest absolute Gasteiger partial charge is 0.266 e. The number of thiazole rings is 1. The molecule has 0 spiro atoms. The number of aliphatic hydroxyl groups is 1. The van der Waals surface area contributed by atoms with Gasteiger partial charge in [0.15, 0.2) is 0 Å². The van der Waals surface area contributed by atoms with Crippen molar-refractivity contribution in [2.45, 2.75) is 24.4 Å². The van der Waals surface area contributed by atoms with E-state index >= 15 is 0 Å². The maximum absolute atomic E-state index is 12.8. The summed E-state index contributed by atoms with van der Waals surface area (Å²) in [5.74, 6) is -2.78. The molecule has 0 amide bonds. The lowest BCUT2D eigenvalue weighted by molar-refractivity contribution is -0.0123. The molecule has 1 aliphatic rings. The van der Waals surface area contributed by atoms with Gasteiger partial charge < -0.3 is 5.11 Å². The van der Waals surface area contributed by atoms with Crippen LogP contribution >= 0.6 is 11.3 Å². The van der Waals surface area contributed by atoms with E-state index in [0.717, 1.165) is 6.08 Å². The number of hydrogen-bond acceptors (Lipinski definition) is 3. The fourth-order valence-electron chi connectivity index (χ4n) is 1.42. The number of hydrogen-bond donors (Lipinski definition) is 1. The standard InChI is InChI=1S/C9H9F2NOS/c10-9(11)3-1-8(13,2-4-9)7-5-12-6-14-7/h1,3,5-6,13H,2,4H2. The van der Waals surface area contributed by atoms with Gasteiger partial charge in [-0.2, -0.15) is 0 Å². The fraction of sp³-hybridized carbons (Fsp3) is 0.444. The molecule has 0 aliphatic heterocycles. The number of aromatic nitrogens is 1. The first-order chi connectivity index (χ1) is 6.52. The normalized spacial score (nSPS) is 30.5. The lowest BCUT2D eigenvalue weighted by Gasteiger charge is -2.29. The van der Waals surface area contributed by atoms with Crippen LogP contribution in [0.25, 0.3) is 0 Å². The van der Waals surface area contributed by atoms with Crippen molar-refractivity contribution in [2.75, 3.05) is 0 Å². The van der Waals surface area contributed by atoms with Crippen molar-refractivity contribution in [3.63, 3.8) is 0 Å². The summed E-state index contributed by atoms with van der Waals surface area (Å²) in [7, 11) is 0. The minimum absolute atomic E-state index is 0.0404. The number of nitrogens with zero attached hydrogens (tertiary/aromatic N) is 1. The molecule has 2 nitrogen and oxygen atoms in total. The molecule has 1 aromatic rings. The van der Waals surface area contributed by atoms with E-state index in [1.165, 1.54) is 23.6 Å². The molecule has 2 rings (SSSR count). The predicted octanol–water partition coefficient (Wildman–Crippen LogP) is 2.32. The van der Waals surface area contributed by atoms with Gasteiger partial charge in [-0.15, -0.1) is 11.3 Å². The van der Waals surface area contributed by atoms with Gasteiger partial charge in [-0.05, 0) is 18.6 Å². The Labute approximate surface area is 83.9 Å². The SMILES string of the molecule is OC1(c2cncs2)C=CC(F)(F)CC1. The maximum Gasteiger partial charge on any atom is 0.266 e. The molecular formula is C9H9F2NOS. The minimum atomic E-state index is -2.78. The Morgan fingerprint density at radius 2 is 2.14 bits per heavy atom. The monoisotopic (exact) mass is 217 g/mol. The number of rotatable bonds is 1. The Balaban J connectivity index is 2.29. The number of halogens is 2. The highest BCUT2D eigenvalue weighted by Crippen LogP contribution is 2.39. The summed E-state index contributed by atoms with van der Waals surface area (Å²) in [5.41, 5.74) is 0.330. The molecule has 0 bridgehead atoms. The van der Waals surface area contributed by atoms with Crippen molar-refractivity contribution >= 4 is 11.3 Å². The van der Waals surface area contributed by atoms with Crippen molar-refractivity contribution in [3.05, 3.63) is 28.7 Å². The van der Waals surface area contributed by atoms with Gasteiger partial charge in [0, 0.05) is 12.6 Å². The first-order valence-corrected chi connectivity index (χ1v) is 5.09. The summed E-state index contributed by atoms with van der Waals surface area (Å²) < 4.78 is 25.6. The zero-order valence-electron chi connectivity index (χ0n) is 7.28. The van der Waals surface area contributed by atoms with Crippen LogP contribution in [0.2, 0.25) is 0 Å². The topological polar surface area (TPSA) is 33.1 Å². The highest BCUT2D eigenvalue weighted by Gasteiger charge is 2.39. The van der Waals surface area contributed by atoms with Crippen LogP contribution in [-0.2, 0) is 5.60 Å². The van der Waals surface area contributed by atoms with E-state index in [9.17, 15) is 13.9 Å². The summed E-state index contributed by atoms with van der Waals surface area (Å²) in [6, 6.07) is 0. The van der Waals surface area contributed by atoms with Crippen LogP contribution in [0.15, 0.2) is 23.9 Å². The maximum atomic E-state index is 12.8. The van der Waals surface area contributed by atoms with E-state index in [2.05, 4.69) is 4.98 Å². The molecule has 14 heavy (non-hydrogen) atoms. The Hall–Kier alpha value is -0.810. The van der Waals surface area contributed by atoms with Gasteiger partial charge in [-0.3, -0.25) is 4.98 Å². The van der Waals surface area contributed by atoms with Gasteiger partial charge in [0.05, 0.1) is 10.4 Å². The first kappa shape index (κ1) is 9.73. The van der Waals surface area contributed by atoms with Crippen molar-refractivity contribution in [1.82, 2.24) is 4.98 Å². The lowest BCUT2D eigenvalue weighted by atomic mass is 9.88. The Kier molecular flexibility index (Phi) is 2.16. The second kappa shape index (κ2) is 3.10. The third-order valence-electron chi connectivity index (χ3n) is 2.30. The summed E-state index contributed by atoms with van der Waals surface area (Å²) in [6.45, 7) is 0. The van der Waals surface area contributed by atoms with Crippen LogP contribution in [0.3, 0.4) is 0 Å². The molecule has 1 unspecified atom stereocenters. The average molecular weight is 217 g/mol. The average Bonchev–Trinajstić information content (AvgIpc) is 2.64. The fourth-order valence-corrected chi connectivity index (χ4v) is 2.15. The largest absolute Gasteiger partial charge is 0.380 e. The molecule has 1 atom stereocenters. The highest BCUT2D eigenvalue weighted by molar-refractivity contribution is 7.09. The van der Waals surface area contributed by atoms with Gasteiger partial charge in [-0.25, -0.2) is 8.78 Å². The third-order valence-corrected chi connectivity index (χ3v) is 3.24. The number of alkyl halides is 2. The molecular weight excluding hydrogens is 208 g/mol. The Morgan fingerprint density at radius 1 is 1.36 bits per heavy atom. The van der Waals surface area contributed by atoms with Gasteiger partial charge in [0.1, 0.15) is 5.60 Å². The molecule has 1 aliphatic carbocycles. The van der Waals surface area contributed by atoms with E-state index in [0.29, 0.717) is 4.88 Å². The van der Waals surface area contributed by atoms with Gasteiger partial charge in [0.2, 0.25) is 0 Å². The van der Waals surface area contributed by atoms with Crippen LogP contribution in [0.1, 0.15) is 17.7 Å².